The molecule has 0 saturated carbocycles. The summed E-state index contributed by atoms with van der Waals surface area (Å²) in [6.07, 6.45) is 5.37. The van der Waals surface area contributed by atoms with Crippen molar-refractivity contribution in [3.05, 3.63) is 41.4 Å². The van der Waals surface area contributed by atoms with E-state index in [9.17, 15) is 4.79 Å². The standard InChI is InChI=1S/C19H22ClN5O2/c1-23-11-16(21-12-23)18(26)24(2)10-13-5-7-25(8-6-13)19-22-15-9-14(20)3-4-17(15)27-19/h3-4,9,11-13H,5-8,10H2,1-2H3. The van der Waals surface area contributed by atoms with Crippen molar-refractivity contribution in [2.24, 2.45) is 13.0 Å². The molecule has 2 aromatic heterocycles. The Morgan fingerprint density at radius 2 is 2.15 bits per heavy atom. The third-order valence-corrected chi connectivity index (χ3v) is 5.26. The van der Waals surface area contributed by atoms with Crippen molar-refractivity contribution in [1.29, 1.82) is 0 Å². The number of carbonyl (C=O) groups is 1. The molecule has 8 heteroatoms. The highest BCUT2D eigenvalue weighted by Gasteiger charge is 2.25. The van der Waals surface area contributed by atoms with Crippen LogP contribution in [0.4, 0.5) is 6.01 Å². The second-order valence-corrected chi connectivity index (χ2v) is 7.59. The normalized spacial score (nSPS) is 15.4. The number of imidazole rings is 1. The van der Waals surface area contributed by atoms with Crippen LogP contribution in [-0.4, -0.2) is 52.0 Å². The number of anilines is 1. The Morgan fingerprint density at radius 1 is 1.37 bits per heavy atom. The maximum absolute atomic E-state index is 12.4. The minimum Gasteiger partial charge on any atom is -0.423 e. The van der Waals surface area contributed by atoms with E-state index in [0.717, 1.165) is 43.6 Å². The highest BCUT2D eigenvalue weighted by Crippen LogP contribution is 2.28. The molecule has 27 heavy (non-hydrogen) atoms. The fourth-order valence-electron chi connectivity index (χ4n) is 3.52. The van der Waals surface area contributed by atoms with E-state index in [-0.39, 0.29) is 5.91 Å². The van der Waals surface area contributed by atoms with Gasteiger partial charge in [0.15, 0.2) is 5.58 Å². The lowest BCUT2D eigenvalue weighted by Gasteiger charge is -2.32. The Morgan fingerprint density at radius 3 is 2.85 bits per heavy atom. The summed E-state index contributed by atoms with van der Waals surface area (Å²) in [5, 5.41) is 0.654. The van der Waals surface area contributed by atoms with Crippen LogP contribution < -0.4 is 4.90 Å². The van der Waals surface area contributed by atoms with Gasteiger partial charge in [0.1, 0.15) is 11.2 Å². The summed E-state index contributed by atoms with van der Waals surface area (Å²) in [4.78, 5) is 25.1. The van der Waals surface area contributed by atoms with Gasteiger partial charge in [-0.3, -0.25) is 4.79 Å². The molecule has 0 atom stereocenters. The first-order valence-corrected chi connectivity index (χ1v) is 9.42. The Bertz CT molecular complexity index is 958. The number of hydrogen-bond acceptors (Lipinski definition) is 5. The number of hydrogen-bond donors (Lipinski definition) is 0. The van der Waals surface area contributed by atoms with Gasteiger partial charge in [-0.1, -0.05) is 11.6 Å². The van der Waals surface area contributed by atoms with Crippen LogP contribution in [0.1, 0.15) is 23.3 Å². The first-order valence-electron chi connectivity index (χ1n) is 9.04. The zero-order valence-corrected chi connectivity index (χ0v) is 16.2. The molecule has 142 valence electrons. The third kappa shape index (κ3) is 3.78. The van der Waals surface area contributed by atoms with Crippen molar-refractivity contribution in [2.45, 2.75) is 12.8 Å². The van der Waals surface area contributed by atoms with Crippen molar-refractivity contribution in [3.8, 4) is 0 Å². The highest BCUT2D eigenvalue weighted by molar-refractivity contribution is 6.31. The first kappa shape index (κ1) is 17.9. The van der Waals surface area contributed by atoms with E-state index in [1.165, 1.54) is 0 Å². The summed E-state index contributed by atoms with van der Waals surface area (Å²) in [5.41, 5.74) is 2.01. The van der Waals surface area contributed by atoms with Gasteiger partial charge in [0.2, 0.25) is 0 Å². The van der Waals surface area contributed by atoms with Crippen LogP contribution in [0.2, 0.25) is 5.02 Å². The molecular formula is C19H22ClN5O2. The largest absolute Gasteiger partial charge is 0.423 e. The zero-order valence-electron chi connectivity index (χ0n) is 15.4. The Balaban J connectivity index is 1.34. The summed E-state index contributed by atoms with van der Waals surface area (Å²) >= 11 is 6.02. The molecule has 1 saturated heterocycles. The van der Waals surface area contributed by atoms with Gasteiger partial charge in [0.25, 0.3) is 11.9 Å². The molecule has 7 nitrogen and oxygen atoms in total. The molecular weight excluding hydrogens is 366 g/mol. The number of aromatic nitrogens is 3. The van der Waals surface area contributed by atoms with Gasteiger partial charge >= 0.3 is 0 Å². The summed E-state index contributed by atoms with van der Waals surface area (Å²) in [6.45, 7) is 2.44. The van der Waals surface area contributed by atoms with Gasteiger partial charge in [-0.15, -0.1) is 0 Å². The minimum absolute atomic E-state index is 0.0335. The molecule has 1 aliphatic rings. The quantitative estimate of drug-likeness (QED) is 0.687. The van der Waals surface area contributed by atoms with E-state index < -0.39 is 0 Å². The molecule has 3 aromatic rings. The molecule has 1 aromatic carbocycles. The monoisotopic (exact) mass is 387 g/mol. The molecule has 1 aliphatic heterocycles. The highest BCUT2D eigenvalue weighted by atomic mass is 35.5. The molecule has 0 unspecified atom stereocenters. The number of piperidine rings is 1. The number of oxazole rings is 1. The second-order valence-electron chi connectivity index (χ2n) is 7.15. The minimum atomic E-state index is -0.0335. The number of carbonyl (C=O) groups excluding carboxylic acids is 1. The summed E-state index contributed by atoms with van der Waals surface area (Å²) in [5.74, 6) is 0.423. The number of nitrogens with zero attached hydrogens (tertiary/aromatic N) is 5. The van der Waals surface area contributed by atoms with Crippen LogP contribution in [0.25, 0.3) is 11.1 Å². The van der Waals surface area contributed by atoms with Gasteiger partial charge in [0.05, 0.1) is 6.33 Å². The lowest BCUT2D eigenvalue weighted by atomic mass is 9.96. The zero-order chi connectivity index (χ0) is 19.0. The summed E-state index contributed by atoms with van der Waals surface area (Å²) < 4.78 is 7.64. The SMILES string of the molecule is CN(CC1CCN(c2nc3cc(Cl)ccc3o2)CC1)C(=O)c1cn(C)cn1. The summed E-state index contributed by atoms with van der Waals surface area (Å²) in [7, 11) is 3.70. The fraction of sp³-hybridized carbons (Fsp3) is 0.421. The smallest absolute Gasteiger partial charge is 0.298 e. The van der Waals surface area contributed by atoms with E-state index in [4.69, 9.17) is 16.0 Å². The van der Waals surface area contributed by atoms with E-state index in [2.05, 4.69) is 14.9 Å². The number of halogens is 1. The Labute approximate surface area is 162 Å². The van der Waals surface area contributed by atoms with Gasteiger partial charge in [-0.2, -0.15) is 4.98 Å². The molecule has 0 aliphatic carbocycles. The van der Waals surface area contributed by atoms with Crippen LogP contribution >= 0.6 is 11.6 Å². The first-order chi connectivity index (χ1) is 13.0. The predicted octanol–water partition coefficient (Wildman–Crippen LogP) is 3.20. The van der Waals surface area contributed by atoms with Crippen LogP contribution in [0.15, 0.2) is 35.1 Å². The second kappa shape index (κ2) is 7.23. The molecule has 0 bridgehead atoms. The number of fused-ring (bicyclic) bond motifs is 1. The van der Waals surface area contributed by atoms with Crippen LogP contribution in [0.5, 0.6) is 0 Å². The van der Waals surface area contributed by atoms with E-state index in [0.29, 0.717) is 22.6 Å². The number of amides is 1. The van der Waals surface area contributed by atoms with Crippen molar-refractivity contribution in [2.75, 3.05) is 31.6 Å². The molecule has 0 N–H and O–H groups in total. The topological polar surface area (TPSA) is 67.4 Å². The lowest BCUT2D eigenvalue weighted by Crippen LogP contribution is -2.39. The van der Waals surface area contributed by atoms with Crippen LogP contribution in [0, 0.1) is 5.92 Å². The van der Waals surface area contributed by atoms with Crippen molar-refractivity contribution >= 4 is 34.6 Å². The molecule has 1 amide bonds. The van der Waals surface area contributed by atoms with Crippen LogP contribution in [0.3, 0.4) is 0 Å². The number of aryl methyl sites for hydroxylation is 1. The number of benzene rings is 1. The van der Waals surface area contributed by atoms with E-state index >= 15 is 0 Å². The third-order valence-electron chi connectivity index (χ3n) is 5.03. The predicted molar refractivity (Wildman–Crippen MR) is 104 cm³/mol. The average molecular weight is 388 g/mol. The Kier molecular flexibility index (Phi) is 4.78. The Hall–Kier alpha value is -2.54. The van der Waals surface area contributed by atoms with Gasteiger partial charge < -0.3 is 18.8 Å². The van der Waals surface area contributed by atoms with Gasteiger partial charge in [-0.05, 0) is 37.0 Å². The molecule has 0 spiro atoms. The van der Waals surface area contributed by atoms with Gasteiger partial charge in [-0.25, -0.2) is 4.98 Å². The van der Waals surface area contributed by atoms with Crippen molar-refractivity contribution in [3.63, 3.8) is 0 Å². The maximum atomic E-state index is 12.4. The van der Waals surface area contributed by atoms with Gasteiger partial charge in [0, 0.05) is 44.9 Å². The lowest BCUT2D eigenvalue weighted by molar-refractivity contribution is 0.0759. The fourth-order valence-corrected chi connectivity index (χ4v) is 3.69. The van der Waals surface area contributed by atoms with Crippen molar-refractivity contribution < 1.29 is 9.21 Å². The van der Waals surface area contributed by atoms with Crippen molar-refractivity contribution in [1.82, 2.24) is 19.4 Å². The van der Waals surface area contributed by atoms with E-state index in [1.54, 1.807) is 28.1 Å². The summed E-state index contributed by atoms with van der Waals surface area (Å²) in [6, 6.07) is 6.11. The average Bonchev–Trinajstić information content (AvgIpc) is 3.27. The number of rotatable bonds is 4. The van der Waals surface area contributed by atoms with Crippen LogP contribution in [-0.2, 0) is 7.05 Å². The van der Waals surface area contributed by atoms with E-state index in [1.807, 2.05) is 26.2 Å². The molecule has 3 heterocycles. The molecule has 0 radical (unpaired) electrons. The molecule has 4 rings (SSSR count). The molecule has 1 fully saturated rings. The maximum Gasteiger partial charge on any atom is 0.298 e.